The van der Waals surface area contributed by atoms with E-state index < -0.39 is 79.4 Å². The second-order valence-electron chi connectivity index (χ2n) is 24.6. The Morgan fingerprint density at radius 1 is 0.333 bits per heavy atom. The number of esters is 6. The Morgan fingerprint density at radius 3 is 0.937 bits per heavy atom. The highest BCUT2D eigenvalue weighted by Crippen LogP contribution is 2.31. The summed E-state index contributed by atoms with van der Waals surface area (Å²) in [7, 11) is 0. The van der Waals surface area contributed by atoms with E-state index in [4.69, 9.17) is 65.6 Å². The largest absolute Gasteiger partial charge is 0.494 e. The predicted octanol–water partition coefficient (Wildman–Crippen LogP) is 17.3. The molecule has 0 radical (unpaired) electrons. The average molecular weight is 1540 g/mol. The summed E-state index contributed by atoms with van der Waals surface area (Å²) < 4.78 is 160. The Labute approximate surface area is 631 Å². The van der Waals surface area contributed by atoms with Crippen LogP contribution in [0.2, 0.25) is 0 Å². The first-order valence-corrected chi connectivity index (χ1v) is 34.2. The zero-order valence-corrected chi connectivity index (χ0v) is 59.2. The van der Waals surface area contributed by atoms with Gasteiger partial charge in [0.25, 0.3) is 5.79 Å². The van der Waals surface area contributed by atoms with Gasteiger partial charge in [-0.15, -0.1) is 0 Å². The minimum atomic E-state index is -4.28. The molecular formula is C83H75F9N4O15. The van der Waals surface area contributed by atoms with Crippen LogP contribution >= 0.6 is 0 Å². The van der Waals surface area contributed by atoms with Crippen LogP contribution in [0.15, 0.2) is 231 Å². The summed E-state index contributed by atoms with van der Waals surface area (Å²) in [4.78, 5) is 77.4. The molecule has 0 amide bonds. The molecule has 28 heteroatoms. The summed E-state index contributed by atoms with van der Waals surface area (Å²) in [5.41, 5.74) is 29.9. The molecule has 0 bridgehead atoms. The van der Waals surface area contributed by atoms with Gasteiger partial charge in [0.05, 0.1) is 56.0 Å². The Hall–Kier alpha value is -13.0. The molecule has 0 saturated carbocycles. The van der Waals surface area contributed by atoms with E-state index in [0.29, 0.717) is 80.0 Å². The van der Waals surface area contributed by atoms with Crippen LogP contribution in [-0.2, 0) is 47.9 Å². The van der Waals surface area contributed by atoms with Crippen molar-refractivity contribution in [2.75, 3.05) is 49.4 Å². The van der Waals surface area contributed by atoms with E-state index in [9.17, 15) is 68.3 Å². The maximum Gasteiger partial charge on any atom is 0.389 e. The molecule has 9 rings (SSSR count). The van der Waals surface area contributed by atoms with E-state index in [1.165, 1.54) is 115 Å². The number of carbonyl (C=O) groups is 6. The third kappa shape index (κ3) is 30.6. The topological polar surface area (TPSA) is 290 Å². The van der Waals surface area contributed by atoms with Gasteiger partial charge in [0.15, 0.2) is 0 Å². The van der Waals surface area contributed by atoms with Gasteiger partial charge in [-0.1, -0.05) is 66.7 Å². The zero-order chi connectivity index (χ0) is 80.0. The molecule has 0 heterocycles. The van der Waals surface area contributed by atoms with Crippen molar-refractivity contribution < 1.29 is 111 Å². The molecule has 111 heavy (non-hydrogen) atoms. The minimum absolute atomic E-state index is 0.0828. The van der Waals surface area contributed by atoms with Gasteiger partial charge in [0, 0.05) is 66.7 Å². The van der Waals surface area contributed by atoms with Crippen LogP contribution < -0.4 is 51.4 Å². The minimum Gasteiger partial charge on any atom is -0.494 e. The average Bonchev–Trinajstić information content (AvgIpc) is 0.801. The fraction of sp³-hybridized carbons (Fsp3) is 0.205. The number of halogens is 9. The molecule has 0 atom stereocenters. The van der Waals surface area contributed by atoms with E-state index in [2.05, 4.69) is 0 Å². The highest BCUT2D eigenvalue weighted by molar-refractivity contribution is 5.93. The van der Waals surface area contributed by atoms with Crippen molar-refractivity contribution in [2.24, 2.45) is 0 Å². The number of anilines is 4. The lowest BCUT2D eigenvalue weighted by atomic mass is 9.97. The normalized spacial score (nSPS) is 11.6. The molecule has 580 valence electrons. The van der Waals surface area contributed by atoms with Crippen molar-refractivity contribution in [2.45, 2.75) is 82.1 Å². The third-order valence-electron chi connectivity index (χ3n) is 15.7. The van der Waals surface area contributed by atoms with E-state index >= 15 is 0 Å². The summed E-state index contributed by atoms with van der Waals surface area (Å²) >= 11 is 0. The maximum absolute atomic E-state index is 13.7. The fourth-order valence-electron chi connectivity index (χ4n) is 10.1. The van der Waals surface area contributed by atoms with Crippen LogP contribution in [0.3, 0.4) is 0 Å². The van der Waals surface area contributed by atoms with E-state index in [1.54, 1.807) is 121 Å². The molecule has 0 aliphatic carbocycles. The van der Waals surface area contributed by atoms with Crippen LogP contribution in [0.25, 0.3) is 18.2 Å². The molecule has 9 aromatic rings. The number of hydrogen-bond acceptors (Lipinski definition) is 19. The number of ether oxygens (including phenoxy) is 9. The Morgan fingerprint density at radius 2 is 0.631 bits per heavy atom. The molecule has 0 aliphatic rings. The van der Waals surface area contributed by atoms with E-state index in [-0.39, 0.29) is 86.7 Å². The van der Waals surface area contributed by atoms with Gasteiger partial charge < -0.3 is 65.6 Å². The first kappa shape index (κ1) is 83.6. The maximum atomic E-state index is 13.7. The van der Waals surface area contributed by atoms with E-state index in [0.717, 1.165) is 17.7 Å². The predicted molar refractivity (Wildman–Crippen MR) is 397 cm³/mol. The van der Waals surface area contributed by atoms with Gasteiger partial charge in [-0.3, -0.25) is 0 Å². The van der Waals surface area contributed by atoms with Crippen molar-refractivity contribution in [3.63, 3.8) is 0 Å². The number of carbonyl (C=O) groups excluding carboxylic acids is 6. The van der Waals surface area contributed by atoms with Crippen LogP contribution in [0.4, 0.5) is 62.3 Å². The summed E-state index contributed by atoms with van der Waals surface area (Å²) in [5.74, 6) is -4.60. The molecule has 0 aromatic heterocycles. The van der Waals surface area contributed by atoms with E-state index in [1.807, 2.05) is 0 Å². The Bertz CT molecular complexity index is 4440. The molecular weight excluding hydrogens is 1460 g/mol. The van der Waals surface area contributed by atoms with Gasteiger partial charge in [-0.05, 0) is 216 Å². The fourth-order valence-corrected chi connectivity index (χ4v) is 10.1. The molecule has 0 fully saturated rings. The van der Waals surface area contributed by atoms with Gasteiger partial charge >= 0.3 is 54.3 Å². The first-order chi connectivity index (χ1) is 52.9. The van der Waals surface area contributed by atoms with Crippen LogP contribution in [0.5, 0.6) is 34.5 Å². The number of benzene rings is 9. The van der Waals surface area contributed by atoms with Gasteiger partial charge in [-0.25, -0.2) is 28.8 Å². The second kappa shape index (κ2) is 40.3. The highest BCUT2D eigenvalue weighted by Gasteiger charge is 2.39. The summed E-state index contributed by atoms with van der Waals surface area (Å²) in [6.07, 6.45) is -7.91. The Kier molecular flexibility index (Phi) is 30.3. The van der Waals surface area contributed by atoms with Crippen molar-refractivity contribution in [1.82, 2.24) is 0 Å². The summed E-state index contributed by atoms with van der Waals surface area (Å²) in [6.45, 7) is -0.205. The molecule has 9 aromatic carbocycles. The number of rotatable bonds is 33. The van der Waals surface area contributed by atoms with Crippen molar-refractivity contribution in [3.05, 3.63) is 281 Å². The standard InChI is InChI=1S/C55H48F6N2O10.C28H27F3N2O5/c56-54(57,58)31-1-33-68-45-25-13-41(14-26-45)51(66)70-47-21-7-37(8-22-47)11-29-49(64)72-53(35-39-3-17-43(62)18-4-39,36-40-5-19-44(63)20-6-40)73-50(65)30-12-38-9-23-48(24-10-38)71-52(67)42-15-27-46(28-16-42)69-34-2-32-55(59,60)61;29-28(30,31)15-1-16-36-23-11-6-21(7-12-23)27(35)38-24-9-2-19(3-10-24)4-13-26(34)37-17-14-20-5-8-22(32)18-25(20)33/h3-30H,1-2,31-36,62-63H2;2-13,18H,1,14-17,32-33H2/b29-11+,30-12+;13-4+. The van der Waals surface area contributed by atoms with Crippen molar-refractivity contribution in [3.8, 4) is 34.5 Å². The highest BCUT2D eigenvalue weighted by atomic mass is 19.4. The quantitative estimate of drug-likeness (QED) is 0.00565. The van der Waals surface area contributed by atoms with Crippen molar-refractivity contribution >= 4 is 76.8 Å². The van der Waals surface area contributed by atoms with Crippen LogP contribution in [0.1, 0.15) is 103 Å². The smallest absolute Gasteiger partial charge is 0.389 e. The SMILES string of the molecule is Nc1ccc(CC(Cc2ccc(N)cc2)(OC(=O)/C=C/c2ccc(OC(=O)c3ccc(OCCCC(F)(F)F)cc3)cc2)OC(=O)/C=C/c2ccc(OC(=O)c3ccc(OCCCC(F)(F)F)cc3)cc2)cc1.Nc1ccc(CCOC(=O)/C=C/c2ccc(OC(=O)c3ccc(OCCCC(F)(F)F)cc3)cc2)c(N)c1. The lowest BCUT2D eigenvalue weighted by Gasteiger charge is -2.32. The Balaban J connectivity index is 0.000000341. The molecule has 19 nitrogen and oxygen atoms in total. The first-order valence-electron chi connectivity index (χ1n) is 34.2. The number of alkyl halides is 9. The lowest BCUT2D eigenvalue weighted by molar-refractivity contribution is -0.221. The molecule has 0 aliphatic heterocycles. The number of hydrogen-bond donors (Lipinski definition) is 4. The molecule has 8 N–H and O–H groups in total. The molecule has 0 spiro atoms. The van der Waals surface area contributed by atoms with Crippen LogP contribution in [0, 0.1) is 0 Å². The van der Waals surface area contributed by atoms with Gasteiger partial charge in [0.1, 0.15) is 34.5 Å². The van der Waals surface area contributed by atoms with Gasteiger partial charge in [0.2, 0.25) is 0 Å². The monoisotopic (exact) mass is 1540 g/mol. The summed E-state index contributed by atoms with van der Waals surface area (Å²) in [6, 6.07) is 54.7. The second-order valence-corrected chi connectivity index (χ2v) is 24.6. The van der Waals surface area contributed by atoms with Gasteiger partial charge in [-0.2, -0.15) is 39.5 Å². The lowest BCUT2D eigenvalue weighted by Crippen LogP contribution is -2.44. The van der Waals surface area contributed by atoms with Crippen LogP contribution in [-0.4, -0.2) is 86.6 Å². The molecule has 0 saturated heterocycles. The number of nitrogens with two attached hydrogens (primary N) is 4. The van der Waals surface area contributed by atoms with Crippen molar-refractivity contribution in [1.29, 1.82) is 0 Å². The zero-order valence-electron chi connectivity index (χ0n) is 59.2. The third-order valence-corrected chi connectivity index (χ3v) is 15.7. The number of nitrogen functional groups attached to an aromatic ring is 4. The summed E-state index contributed by atoms with van der Waals surface area (Å²) in [5, 5.41) is 0. The molecule has 0 unspecified atom stereocenters.